The highest BCUT2D eigenvalue weighted by Gasteiger charge is 2.27. The minimum absolute atomic E-state index is 0.0721. The van der Waals surface area contributed by atoms with Gasteiger partial charge >= 0.3 is 5.97 Å². The summed E-state index contributed by atoms with van der Waals surface area (Å²) in [6, 6.07) is 8.39. The third-order valence-corrected chi connectivity index (χ3v) is 3.78. The molecule has 104 valence electrons. The number of hydrogen-bond donors (Lipinski definition) is 0. The van der Waals surface area contributed by atoms with Crippen molar-refractivity contribution in [2.45, 2.75) is 45.3 Å². The number of esters is 1. The summed E-state index contributed by atoms with van der Waals surface area (Å²) in [6.45, 7) is 2.75. The quantitative estimate of drug-likeness (QED) is 0.781. The Labute approximate surface area is 114 Å². The average molecular weight is 262 g/mol. The van der Waals surface area contributed by atoms with E-state index >= 15 is 0 Å². The fourth-order valence-corrected chi connectivity index (χ4v) is 2.65. The minimum Gasteiger partial charge on any atom is -0.469 e. The minimum atomic E-state index is -0.0721. The van der Waals surface area contributed by atoms with Gasteiger partial charge in [0.05, 0.1) is 25.7 Å². The third-order valence-electron chi connectivity index (χ3n) is 3.78. The molecule has 0 aromatic heterocycles. The van der Waals surface area contributed by atoms with E-state index in [2.05, 4.69) is 31.2 Å². The van der Waals surface area contributed by atoms with Crippen molar-refractivity contribution >= 4 is 5.97 Å². The summed E-state index contributed by atoms with van der Waals surface area (Å²) in [5.41, 5.74) is 2.48. The van der Waals surface area contributed by atoms with Gasteiger partial charge in [-0.2, -0.15) is 0 Å². The molecule has 0 atom stereocenters. The van der Waals surface area contributed by atoms with Crippen LogP contribution in [0.3, 0.4) is 0 Å². The molecule has 1 aliphatic carbocycles. The lowest BCUT2D eigenvalue weighted by Gasteiger charge is -2.27. The molecule has 2 rings (SSSR count). The third kappa shape index (κ3) is 4.06. The van der Waals surface area contributed by atoms with Crippen molar-refractivity contribution in [1.82, 2.24) is 0 Å². The summed E-state index contributed by atoms with van der Waals surface area (Å²) >= 11 is 0. The molecule has 0 spiro atoms. The summed E-state index contributed by atoms with van der Waals surface area (Å²) in [7, 11) is 1.46. The largest absolute Gasteiger partial charge is 0.469 e. The van der Waals surface area contributed by atoms with Crippen molar-refractivity contribution in [1.29, 1.82) is 0 Å². The van der Waals surface area contributed by atoms with Crippen LogP contribution in [0.1, 0.15) is 36.8 Å². The van der Waals surface area contributed by atoms with Crippen LogP contribution in [0.25, 0.3) is 0 Å². The van der Waals surface area contributed by atoms with E-state index in [0.717, 1.165) is 25.7 Å². The molecule has 1 fully saturated rings. The molecule has 0 heterocycles. The summed E-state index contributed by atoms with van der Waals surface area (Å²) in [6.07, 6.45) is 3.94. The van der Waals surface area contributed by atoms with Crippen LogP contribution < -0.4 is 0 Å². The summed E-state index contributed by atoms with van der Waals surface area (Å²) in [5, 5.41) is 0. The van der Waals surface area contributed by atoms with Gasteiger partial charge in [-0.15, -0.1) is 0 Å². The fraction of sp³-hybridized carbons (Fsp3) is 0.562. The predicted octanol–water partition coefficient (Wildman–Crippen LogP) is 3.24. The standard InChI is InChI=1S/C16H22O3/c1-12-4-3-5-13(10-12)11-19-15-8-6-14(7-9-15)16(17)18-2/h3-5,10,14-15H,6-9,11H2,1-2H3. The highest BCUT2D eigenvalue weighted by molar-refractivity contribution is 5.72. The first-order valence-corrected chi connectivity index (χ1v) is 6.94. The van der Waals surface area contributed by atoms with Gasteiger partial charge < -0.3 is 9.47 Å². The van der Waals surface area contributed by atoms with Gasteiger partial charge in [-0.1, -0.05) is 29.8 Å². The van der Waals surface area contributed by atoms with E-state index in [-0.39, 0.29) is 18.0 Å². The molecule has 1 aromatic rings. The van der Waals surface area contributed by atoms with E-state index < -0.39 is 0 Å². The highest BCUT2D eigenvalue weighted by Crippen LogP contribution is 2.27. The Kier molecular flexibility index (Phi) is 4.97. The van der Waals surface area contributed by atoms with Gasteiger partial charge in [0.1, 0.15) is 0 Å². The Morgan fingerprint density at radius 3 is 2.63 bits per heavy atom. The molecule has 0 amide bonds. The van der Waals surface area contributed by atoms with Gasteiger partial charge in [0.2, 0.25) is 0 Å². The maximum atomic E-state index is 11.4. The zero-order valence-corrected chi connectivity index (χ0v) is 11.7. The number of rotatable bonds is 4. The van der Waals surface area contributed by atoms with Crippen molar-refractivity contribution in [3.63, 3.8) is 0 Å². The molecule has 1 saturated carbocycles. The Bertz CT molecular complexity index is 420. The lowest BCUT2D eigenvalue weighted by Crippen LogP contribution is -2.26. The predicted molar refractivity (Wildman–Crippen MR) is 73.7 cm³/mol. The normalized spacial score (nSPS) is 23.1. The van der Waals surface area contributed by atoms with Crippen molar-refractivity contribution < 1.29 is 14.3 Å². The second-order valence-electron chi connectivity index (χ2n) is 5.30. The molecule has 3 heteroatoms. The Hall–Kier alpha value is -1.35. The zero-order valence-electron chi connectivity index (χ0n) is 11.7. The number of methoxy groups -OCH3 is 1. The number of carbonyl (C=O) groups excluding carboxylic acids is 1. The van der Waals surface area contributed by atoms with E-state index in [1.165, 1.54) is 18.2 Å². The highest BCUT2D eigenvalue weighted by atomic mass is 16.5. The molecule has 0 bridgehead atoms. The van der Waals surface area contributed by atoms with Gasteiger partial charge in [-0.05, 0) is 38.2 Å². The van der Waals surface area contributed by atoms with E-state index in [1.54, 1.807) is 0 Å². The molecule has 0 N–H and O–H groups in total. The topological polar surface area (TPSA) is 35.5 Å². The Balaban J connectivity index is 1.75. The number of benzene rings is 1. The van der Waals surface area contributed by atoms with Crippen LogP contribution in [0.2, 0.25) is 0 Å². The maximum Gasteiger partial charge on any atom is 0.308 e. The summed E-state index contributed by atoms with van der Waals surface area (Å²) in [4.78, 5) is 11.4. The van der Waals surface area contributed by atoms with E-state index in [9.17, 15) is 4.79 Å². The molecule has 0 radical (unpaired) electrons. The first-order valence-electron chi connectivity index (χ1n) is 6.94. The Morgan fingerprint density at radius 2 is 2.00 bits per heavy atom. The van der Waals surface area contributed by atoms with Crippen molar-refractivity contribution in [3.8, 4) is 0 Å². The molecule has 3 nitrogen and oxygen atoms in total. The summed E-state index contributed by atoms with van der Waals surface area (Å²) in [5.74, 6) is 0.000883. The van der Waals surface area contributed by atoms with Gasteiger partial charge in [-0.3, -0.25) is 4.79 Å². The first kappa shape index (κ1) is 14.1. The number of ether oxygens (including phenoxy) is 2. The van der Waals surface area contributed by atoms with Gasteiger partial charge in [0.15, 0.2) is 0 Å². The van der Waals surface area contributed by atoms with Crippen LogP contribution >= 0.6 is 0 Å². The van der Waals surface area contributed by atoms with Crippen molar-refractivity contribution in [3.05, 3.63) is 35.4 Å². The van der Waals surface area contributed by atoms with E-state index in [1.807, 2.05) is 0 Å². The van der Waals surface area contributed by atoms with Crippen LogP contribution in [0.4, 0.5) is 0 Å². The second-order valence-corrected chi connectivity index (χ2v) is 5.30. The average Bonchev–Trinajstić information content (AvgIpc) is 2.45. The molecule has 0 unspecified atom stereocenters. The van der Waals surface area contributed by atoms with Crippen LogP contribution in [0.5, 0.6) is 0 Å². The molecular formula is C16H22O3. The maximum absolute atomic E-state index is 11.4. The van der Waals surface area contributed by atoms with Crippen LogP contribution in [0, 0.1) is 12.8 Å². The number of aryl methyl sites for hydroxylation is 1. The van der Waals surface area contributed by atoms with Crippen molar-refractivity contribution in [2.75, 3.05) is 7.11 Å². The lowest BCUT2D eigenvalue weighted by atomic mass is 9.87. The molecular weight excluding hydrogens is 240 g/mol. The van der Waals surface area contributed by atoms with Crippen molar-refractivity contribution in [2.24, 2.45) is 5.92 Å². The molecule has 19 heavy (non-hydrogen) atoms. The number of hydrogen-bond acceptors (Lipinski definition) is 3. The van der Waals surface area contributed by atoms with Crippen LogP contribution in [0.15, 0.2) is 24.3 Å². The van der Waals surface area contributed by atoms with Crippen LogP contribution in [-0.4, -0.2) is 19.2 Å². The zero-order chi connectivity index (χ0) is 13.7. The van der Waals surface area contributed by atoms with Crippen LogP contribution in [-0.2, 0) is 20.9 Å². The second kappa shape index (κ2) is 6.71. The Morgan fingerprint density at radius 1 is 1.26 bits per heavy atom. The smallest absolute Gasteiger partial charge is 0.308 e. The summed E-state index contributed by atoms with van der Waals surface area (Å²) < 4.78 is 10.7. The molecule has 1 aliphatic rings. The van der Waals surface area contributed by atoms with Gasteiger partial charge in [-0.25, -0.2) is 0 Å². The number of carbonyl (C=O) groups is 1. The molecule has 1 aromatic carbocycles. The molecule has 0 saturated heterocycles. The van der Waals surface area contributed by atoms with Gasteiger partial charge in [0.25, 0.3) is 0 Å². The first-order chi connectivity index (χ1) is 9.19. The van der Waals surface area contributed by atoms with Gasteiger partial charge in [0, 0.05) is 0 Å². The van der Waals surface area contributed by atoms with E-state index in [0.29, 0.717) is 6.61 Å². The lowest BCUT2D eigenvalue weighted by molar-refractivity contribution is -0.147. The molecule has 0 aliphatic heterocycles. The van der Waals surface area contributed by atoms with E-state index in [4.69, 9.17) is 9.47 Å². The SMILES string of the molecule is COC(=O)C1CCC(OCc2cccc(C)c2)CC1. The fourth-order valence-electron chi connectivity index (χ4n) is 2.65. The monoisotopic (exact) mass is 262 g/mol.